The van der Waals surface area contributed by atoms with Gasteiger partial charge in [0.15, 0.2) is 0 Å². The molecular formula is C21H26N2O3S2. The summed E-state index contributed by atoms with van der Waals surface area (Å²) in [6.45, 7) is 5.75. The highest BCUT2D eigenvalue weighted by molar-refractivity contribution is 8.00. The van der Waals surface area contributed by atoms with Crippen molar-refractivity contribution in [1.29, 1.82) is 0 Å². The molecule has 1 aliphatic heterocycles. The molecule has 0 spiro atoms. The van der Waals surface area contributed by atoms with E-state index in [1.54, 1.807) is 17.0 Å². The van der Waals surface area contributed by atoms with E-state index in [0.29, 0.717) is 43.2 Å². The molecule has 1 amide bonds. The minimum Gasteiger partial charge on any atom is -0.341 e. The van der Waals surface area contributed by atoms with Gasteiger partial charge in [-0.05, 0) is 44.5 Å². The predicted molar refractivity (Wildman–Crippen MR) is 113 cm³/mol. The van der Waals surface area contributed by atoms with E-state index < -0.39 is 10.0 Å². The third-order valence-electron chi connectivity index (χ3n) is 4.85. The lowest BCUT2D eigenvalue weighted by Gasteiger charge is -2.22. The van der Waals surface area contributed by atoms with Gasteiger partial charge in [0.25, 0.3) is 0 Å². The van der Waals surface area contributed by atoms with E-state index in [9.17, 15) is 13.2 Å². The maximum atomic E-state index is 12.9. The summed E-state index contributed by atoms with van der Waals surface area (Å²) >= 11 is 1.52. The molecule has 0 bridgehead atoms. The largest absolute Gasteiger partial charge is 0.341 e. The minimum atomic E-state index is -3.52. The molecule has 7 heteroatoms. The fourth-order valence-corrected chi connectivity index (χ4v) is 5.38. The molecule has 5 nitrogen and oxygen atoms in total. The summed E-state index contributed by atoms with van der Waals surface area (Å²) < 4.78 is 27.3. The van der Waals surface area contributed by atoms with E-state index >= 15 is 0 Å². The van der Waals surface area contributed by atoms with Gasteiger partial charge in [0.1, 0.15) is 0 Å². The standard InChI is InChI=1S/C21H26N2O3S2/c1-17-4-8-19(9-5-17)27-16-21(24)22-12-3-13-23(15-14-22)28(25,26)20-10-6-18(2)7-11-20/h4-11H,3,12-16H2,1-2H3. The molecule has 1 saturated heterocycles. The Kier molecular flexibility index (Phi) is 6.80. The maximum Gasteiger partial charge on any atom is 0.243 e. The van der Waals surface area contributed by atoms with Crippen LogP contribution < -0.4 is 0 Å². The third-order valence-corrected chi connectivity index (χ3v) is 7.76. The van der Waals surface area contributed by atoms with Gasteiger partial charge in [-0.2, -0.15) is 4.31 Å². The summed E-state index contributed by atoms with van der Waals surface area (Å²) in [5.74, 6) is 0.425. The quantitative estimate of drug-likeness (QED) is 0.699. The Morgan fingerprint density at radius 1 is 0.893 bits per heavy atom. The van der Waals surface area contributed by atoms with Crippen molar-refractivity contribution >= 4 is 27.7 Å². The van der Waals surface area contributed by atoms with Crippen LogP contribution in [-0.4, -0.2) is 55.5 Å². The zero-order valence-electron chi connectivity index (χ0n) is 16.3. The highest BCUT2D eigenvalue weighted by atomic mass is 32.2. The Labute approximate surface area is 171 Å². The number of sulfonamides is 1. The van der Waals surface area contributed by atoms with Crippen LogP contribution in [0.1, 0.15) is 17.5 Å². The molecular weight excluding hydrogens is 392 g/mol. The van der Waals surface area contributed by atoms with Crippen LogP contribution in [-0.2, 0) is 14.8 Å². The van der Waals surface area contributed by atoms with E-state index in [1.807, 2.05) is 50.2 Å². The van der Waals surface area contributed by atoms with Gasteiger partial charge < -0.3 is 4.90 Å². The summed E-state index contributed by atoms with van der Waals surface area (Å²) in [4.78, 5) is 15.8. The molecule has 0 aromatic heterocycles. The van der Waals surface area contributed by atoms with Crippen molar-refractivity contribution in [2.75, 3.05) is 31.9 Å². The lowest BCUT2D eigenvalue weighted by Crippen LogP contribution is -2.38. The highest BCUT2D eigenvalue weighted by Crippen LogP contribution is 2.21. The van der Waals surface area contributed by atoms with Crippen molar-refractivity contribution in [1.82, 2.24) is 9.21 Å². The molecule has 2 aromatic rings. The Balaban J connectivity index is 1.58. The highest BCUT2D eigenvalue weighted by Gasteiger charge is 2.28. The van der Waals surface area contributed by atoms with Gasteiger partial charge >= 0.3 is 0 Å². The summed E-state index contributed by atoms with van der Waals surface area (Å²) in [5, 5.41) is 0. The Morgan fingerprint density at radius 2 is 1.50 bits per heavy atom. The monoisotopic (exact) mass is 418 g/mol. The molecule has 0 radical (unpaired) electrons. The van der Waals surface area contributed by atoms with Crippen molar-refractivity contribution in [3.05, 3.63) is 59.7 Å². The molecule has 2 aromatic carbocycles. The van der Waals surface area contributed by atoms with Gasteiger partial charge in [0.05, 0.1) is 10.6 Å². The van der Waals surface area contributed by atoms with Crippen molar-refractivity contribution in [3.63, 3.8) is 0 Å². The number of hydrogen-bond acceptors (Lipinski definition) is 4. The second kappa shape index (κ2) is 9.11. The van der Waals surface area contributed by atoms with E-state index in [4.69, 9.17) is 0 Å². The fourth-order valence-electron chi connectivity index (χ4n) is 3.11. The Hall–Kier alpha value is -1.83. The van der Waals surface area contributed by atoms with Crippen LogP contribution in [0.5, 0.6) is 0 Å². The van der Waals surface area contributed by atoms with E-state index in [-0.39, 0.29) is 5.91 Å². The summed E-state index contributed by atoms with van der Waals surface area (Å²) in [6.07, 6.45) is 0.645. The van der Waals surface area contributed by atoms with E-state index in [1.165, 1.54) is 21.6 Å². The third kappa shape index (κ3) is 5.16. The lowest BCUT2D eigenvalue weighted by molar-refractivity contribution is -0.128. The Bertz CT molecular complexity index is 910. The first-order valence-corrected chi connectivity index (χ1v) is 11.8. The zero-order chi connectivity index (χ0) is 20.1. The molecule has 0 saturated carbocycles. The summed E-state index contributed by atoms with van der Waals surface area (Å²) in [7, 11) is -3.52. The molecule has 150 valence electrons. The normalized spacial score (nSPS) is 16.0. The van der Waals surface area contributed by atoms with Gasteiger partial charge in [0.2, 0.25) is 15.9 Å². The molecule has 1 aliphatic rings. The van der Waals surface area contributed by atoms with Gasteiger partial charge in [0, 0.05) is 31.1 Å². The number of amides is 1. The van der Waals surface area contributed by atoms with E-state index in [0.717, 1.165) is 10.5 Å². The van der Waals surface area contributed by atoms with Crippen LogP contribution >= 0.6 is 11.8 Å². The molecule has 28 heavy (non-hydrogen) atoms. The van der Waals surface area contributed by atoms with Crippen LogP contribution in [0.2, 0.25) is 0 Å². The SMILES string of the molecule is Cc1ccc(SCC(=O)N2CCCN(S(=O)(=O)c3ccc(C)cc3)CC2)cc1. The van der Waals surface area contributed by atoms with Crippen LogP contribution in [0, 0.1) is 13.8 Å². The summed E-state index contributed by atoms with van der Waals surface area (Å²) in [5.41, 5.74) is 2.22. The van der Waals surface area contributed by atoms with Crippen LogP contribution in [0.3, 0.4) is 0 Å². The number of hydrogen-bond donors (Lipinski definition) is 0. The lowest BCUT2D eigenvalue weighted by atomic mass is 10.2. The second-order valence-electron chi connectivity index (χ2n) is 7.05. The van der Waals surface area contributed by atoms with E-state index in [2.05, 4.69) is 0 Å². The maximum absolute atomic E-state index is 12.9. The molecule has 0 atom stereocenters. The van der Waals surface area contributed by atoms with Crippen molar-refractivity contribution in [2.45, 2.75) is 30.1 Å². The number of aryl methyl sites for hydroxylation is 2. The van der Waals surface area contributed by atoms with Crippen LogP contribution in [0.4, 0.5) is 0 Å². The smallest absolute Gasteiger partial charge is 0.243 e. The van der Waals surface area contributed by atoms with Gasteiger partial charge in [-0.1, -0.05) is 35.4 Å². The molecule has 1 heterocycles. The molecule has 0 aliphatic carbocycles. The number of nitrogens with zero attached hydrogens (tertiary/aromatic N) is 2. The molecule has 3 rings (SSSR count). The number of benzene rings is 2. The van der Waals surface area contributed by atoms with Gasteiger partial charge in [-0.15, -0.1) is 11.8 Å². The first kappa shape index (κ1) is 20.9. The first-order chi connectivity index (χ1) is 13.4. The second-order valence-corrected chi connectivity index (χ2v) is 10.0. The topological polar surface area (TPSA) is 57.7 Å². The predicted octanol–water partition coefficient (Wildman–Crippen LogP) is 3.32. The molecule has 1 fully saturated rings. The van der Waals surface area contributed by atoms with Gasteiger partial charge in [-0.25, -0.2) is 8.42 Å². The van der Waals surface area contributed by atoms with Crippen LogP contribution in [0.15, 0.2) is 58.3 Å². The van der Waals surface area contributed by atoms with Crippen LogP contribution in [0.25, 0.3) is 0 Å². The molecule has 0 N–H and O–H groups in total. The van der Waals surface area contributed by atoms with Gasteiger partial charge in [-0.3, -0.25) is 4.79 Å². The molecule has 0 unspecified atom stereocenters. The average molecular weight is 419 g/mol. The first-order valence-electron chi connectivity index (χ1n) is 9.40. The number of thioether (sulfide) groups is 1. The minimum absolute atomic E-state index is 0.0557. The Morgan fingerprint density at radius 3 is 2.14 bits per heavy atom. The van der Waals surface area contributed by atoms with Crippen molar-refractivity contribution in [2.24, 2.45) is 0 Å². The number of rotatable bonds is 5. The fraction of sp³-hybridized carbons (Fsp3) is 0.381. The summed E-state index contributed by atoms with van der Waals surface area (Å²) in [6, 6.07) is 15.0. The number of carbonyl (C=O) groups is 1. The number of carbonyl (C=O) groups excluding carboxylic acids is 1. The zero-order valence-corrected chi connectivity index (χ0v) is 17.9. The van der Waals surface area contributed by atoms with Crippen molar-refractivity contribution in [3.8, 4) is 0 Å². The van der Waals surface area contributed by atoms with Crippen molar-refractivity contribution < 1.29 is 13.2 Å². The average Bonchev–Trinajstić information content (AvgIpc) is 2.94.